The summed E-state index contributed by atoms with van der Waals surface area (Å²) < 4.78 is 30.0. The molecule has 1 N–H and O–H groups in total. The lowest BCUT2D eigenvalue weighted by Crippen LogP contribution is -2.65. The van der Waals surface area contributed by atoms with Crippen LogP contribution >= 0.6 is 0 Å². The van der Waals surface area contributed by atoms with Gasteiger partial charge in [0.2, 0.25) is 0 Å². The quantitative estimate of drug-likeness (QED) is 0.331. The van der Waals surface area contributed by atoms with Crippen LogP contribution in [0.3, 0.4) is 0 Å². The Balaban J connectivity index is 1.89. The summed E-state index contributed by atoms with van der Waals surface area (Å²) in [5.41, 5.74) is -1.98. The van der Waals surface area contributed by atoms with Gasteiger partial charge in [-0.3, -0.25) is 14.4 Å². The minimum Gasteiger partial charge on any atom is -0.462 e. The Hall–Kier alpha value is -2.23. The third-order valence-electron chi connectivity index (χ3n) is 8.83. The van der Waals surface area contributed by atoms with Crippen LogP contribution in [0, 0.1) is 17.3 Å². The molecule has 37 heavy (non-hydrogen) atoms. The molecule has 0 aromatic heterocycles. The summed E-state index contributed by atoms with van der Waals surface area (Å²) in [7, 11) is 0. The number of rotatable bonds is 5. The molecule has 2 saturated heterocycles. The van der Waals surface area contributed by atoms with E-state index in [1.807, 2.05) is 46.8 Å². The predicted octanol–water partition coefficient (Wildman–Crippen LogP) is 3.03. The first-order valence-corrected chi connectivity index (χ1v) is 13.2. The van der Waals surface area contributed by atoms with Gasteiger partial charge in [-0.15, -0.1) is 0 Å². The fourth-order valence-corrected chi connectivity index (χ4v) is 6.94. The highest BCUT2D eigenvalue weighted by Crippen LogP contribution is 2.64. The number of hydrogen-bond donors (Lipinski definition) is 1. The molecular weight excluding hydrogens is 480 g/mol. The summed E-state index contributed by atoms with van der Waals surface area (Å²) in [6.07, 6.45) is 2.76. The number of epoxide rings is 1. The van der Waals surface area contributed by atoms with E-state index < -0.39 is 65.0 Å². The Morgan fingerprint density at radius 3 is 2.41 bits per heavy atom. The van der Waals surface area contributed by atoms with Gasteiger partial charge >= 0.3 is 17.9 Å². The standard InChI is InChI=1S/C28H40O9/c1-8-9-23(31)36-19-13-21(35-18(5)30)27(7)20(34-17(4)29)11-10-15(2)12-22-28(25(32)24(27)16(19)3)26(6,37-28)14-33-22/h10-12,16,19-22,24-25,32H,8-9,13-14H2,1-7H3/b11-10+,15-12-/t16-,19-,20-,21-,22-,24+,25-,26+,27-,28-/m0/s1. The van der Waals surface area contributed by atoms with Gasteiger partial charge in [-0.25, -0.2) is 0 Å². The number of esters is 3. The number of fused-ring (bicyclic) bond motifs is 1. The lowest BCUT2D eigenvalue weighted by Gasteiger charge is -2.56. The van der Waals surface area contributed by atoms with Gasteiger partial charge in [0.1, 0.15) is 30.0 Å². The lowest BCUT2D eigenvalue weighted by atomic mass is 9.53. The number of hydrogen-bond acceptors (Lipinski definition) is 9. The van der Waals surface area contributed by atoms with Crippen molar-refractivity contribution in [1.29, 1.82) is 0 Å². The number of aliphatic hydroxyl groups is 1. The SMILES string of the molecule is CCCC(=O)O[C@H]1C[C@H](OC(C)=O)[C@@]2(C)[C@H]([C@H]1C)[C@H](O)[C@]13O[C@]1(C)CO[C@H]3/C=C(C)\C=C\[C@@H]2OC(C)=O. The molecule has 4 rings (SSSR count). The second kappa shape index (κ2) is 9.82. The van der Waals surface area contributed by atoms with Gasteiger partial charge in [0, 0.05) is 32.6 Å². The summed E-state index contributed by atoms with van der Waals surface area (Å²) in [5.74, 6) is -2.40. The number of allylic oxidation sites excluding steroid dienone is 2. The van der Waals surface area contributed by atoms with E-state index in [-0.39, 0.29) is 24.7 Å². The van der Waals surface area contributed by atoms with E-state index in [9.17, 15) is 19.5 Å². The topological polar surface area (TPSA) is 121 Å². The Kier molecular flexibility index (Phi) is 7.38. The van der Waals surface area contributed by atoms with Crippen molar-refractivity contribution >= 4 is 17.9 Å². The average molecular weight is 521 g/mol. The smallest absolute Gasteiger partial charge is 0.306 e. The normalized spacial score (nSPS) is 46.7. The van der Waals surface area contributed by atoms with Crippen molar-refractivity contribution in [3.63, 3.8) is 0 Å². The van der Waals surface area contributed by atoms with E-state index >= 15 is 0 Å². The molecular formula is C28H40O9. The molecule has 0 aromatic rings. The van der Waals surface area contributed by atoms with Crippen molar-refractivity contribution in [3.8, 4) is 0 Å². The average Bonchev–Trinajstić information content (AvgIpc) is 3.33. The third-order valence-corrected chi connectivity index (χ3v) is 8.83. The summed E-state index contributed by atoms with van der Waals surface area (Å²) in [6.45, 7) is 12.5. The highest BCUT2D eigenvalue weighted by Gasteiger charge is 2.81. The van der Waals surface area contributed by atoms with E-state index in [0.717, 1.165) is 5.57 Å². The lowest BCUT2D eigenvalue weighted by molar-refractivity contribution is -0.223. The second-order valence-corrected chi connectivity index (χ2v) is 11.5. The fourth-order valence-electron chi connectivity index (χ4n) is 6.94. The first kappa shape index (κ1) is 27.8. The van der Waals surface area contributed by atoms with Crippen molar-refractivity contribution in [3.05, 3.63) is 23.8 Å². The summed E-state index contributed by atoms with van der Waals surface area (Å²) in [4.78, 5) is 37.2. The van der Waals surface area contributed by atoms with E-state index in [1.54, 1.807) is 6.08 Å². The Morgan fingerprint density at radius 1 is 1.14 bits per heavy atom. The molecule has 0 bridgehead atoms. The molecule has 0 aromatic carbocycles. The van der Waals surface area contributed by atoms with Gasteiger partial charge in [0.15, 0.2) is 5.60 Å². The molecule has 1 saturated carbocycles. The van der Waals surface area contributed by atoms with E-state index in [4.69, 9.17) is 23.7 Å². The van der Waals surface area contributed by atoms with Crippen molar-refractivity contribution in [1.82, 2.24) is 0 Å². The maximum absolute atomic E-state index is 12.6. The zero-order chi connectivity index (χ0) is 27.3. The molecule has 2 aliphatic carbocycles. The van der Waals surface area contributed by atoms with Crippen LogP contribution in [0.25, 0.3) is 0 Å². The van der Waals surface area contributed by atoms with Gasteiger partial charge in [-0.1, -0.05) is 32.4 Å². The number of ether oxygens (including phenoxy) is 5. The summed E-state index contributed by atoms with van der Waals surface area (Å²) >= 11 is 0. The zero-order valence-corrected chi connectivity index (χ0v) is 22.8. The fraction of sp³-hybridized carbons (Fsp3) is 0.750. The Labute approximate surface area is 218 Å². The maximum atomic E-state index is 12.6. The highest BCUT2D eigenvalue weighted by molar-refractivity contribution is 5.69. The molecule has 9 nitrogen and oxygen atoms in total. The zero-order valence-electron chi connectivity index (χ0n) is 22.8. The van der Waals surface area contributed by atoms with Crippen LogP contribution in [-0.2, 0) is 38.1 Å². The molecule has 3 fully saturated rings. The van der Waals surface area contributed by atoms with Crippen molar-refractivity contribution < 1.29 is 43.2 Å². The summed E-state index contributed by atoms with van der Waals surface area (Å²) in [6, 6.07) is 0. The molecule has 0 amide bonds. The molecule has 9 heteroatoms. The van der Waals surface area contributed by atoms with E-state index in [1.165, 1.54) is 13.8 Å². The first-order valence-electron chi connectivity index (χ1n) is 13.2. The minimum atomic E-state index is -1.11. The highest BCUT2D eigenvalue weighted by atomic mass is 16.7. The van der Waals surface area contributed by atoms with Crippen LogP contribution in [0.1, 0.15) is 67.7 Å². The molecule has 206 valence electrons. The Bertz CT molecular complexity index is 1000. The van der Waals surface area contributed by atoms with E-state index in [0.29, 0.717) is 13.0 Å². The van der Waals surface area contributed by atoms with Crippen LogP contribution in [0.4, 0.5) is 0 Å². The molecule has 4 aliphatic rings. The molecule has 10 atom stereocenters. The van der Waals surface area contributed by atoms with Crippen LogP contribution in [0.2, 0.25) is 0 Å². The minimum absolute atomic E-state index is 0.210. The number of carbonyl (C=O) groups excluding carboxylic acids is 3. The maximum Gasteiger partial charge on any atom is 0.306 e. The monoisotopic (exact) mass is 520 g/mol. The van der Waals surface area contributed by atoms with Crippen LogP contribution in [0.5, 0.6) is 0 Å². The molecule has 2 aliphatic heterocycles. The molecule has 0 radical (unpaired) electrons. The molecule has 0 unspecified atom stereocenters. The van der Waals surface area contributed by atoms with Crippen LogP contribution < -0.4 is 0 Å². The number of aliphatic hydroxyl groups excluding tert-OH is 1. The van der Waals surface area contributed by atoms with Gasteiger partial charge < -0.3 is 28.8 Å². The molecule has 2 heterocycles. The van der Waals surface area contributed by atoms with Crippen LogP contribution in [0.15, 0.2) is 23.8 Å². The molecule has 1 spiro atoms. The Morgan fingerprint density at radius 2 is 1.81 bits per heavy atom. The van der Waals surface area contributed by atoms with Gasteiger partial charge in [-0.05, 0) is 38.3 Å². The predicted molar refractivity (Wildman–Crippen MR) is 132 cm³/mol. The largest absolute Gasteiger partial charge is 0.462 e. The van der Waals surface area contributed by atoms with Crippen molar-refractivity contribution in [2.24, 2.45) is 17.3 Å². The van der Waals surface area contributed by atoms with Crippen LogP contribution in [-0.4, -0.2) is 71.3 Å². The van der Waals surface area contributed by atoms with Gasteiger partial charge in [0.05, 0.1) is 18.1 Å². The van der Waals surface area contributed by atoms with Gasteiger partial charge in [-0.2, -0.15) is 0 Å². The number of carbonyl (C=O) groups is 3. The second-order valence-electron chi connectivity index (χ2n) is 11.5. The van der Waals surface area contributed by atoms with E-state index in [2.05, 4.69) is 0 Å². The third kappa shape index (κ3) is 4.53. The first-order chi connectivity index (χ1) is 17.3. The summed E-state index contributed by atoms with van der Waals surface area (Å²) in [5, 5.41) is 12.3. The van der Waals surface area contributed by atoms with Crippen molar-refractivity contribution in [2.75, 3.05) is 6.61 Å². The van der Waals surface area contributed by atoms with Crippen molar-refractivity contribution in [2.45, 2.75) is 109 Å². The van der Waals surface area contributed by atoms with Gasteiger partial charge in [0.25, 0.3) is 0 Å².